The van der Waals surface area contributed by atoms with Gasteiger partial charge in [0.1, 0.15) is 5.75 Å². The van der Waals surface area contributed by atoms with Crippen LogP contribution in [0.3, 0.4) is 0 Å². The summed E-state index contributed by atoms with van der Waals surface area (Å²) in [5.41, 5.74) is 5.82. The van der Waals surface area contributed by atoms with E-state index in [2.05, 4.69) is 36.3 Å². The quantitative estimate of drug-likeness (QED) is 0.688. The standard InChI is InChI=1S/C25H30N2O2/c1-15-18(14-27(3)26-15)11-17-13-23-22-7-5-16-12-19(29-4)6-8-20(16)21(22)9-10-25(23,2)24(17)28/h6,8,11-12,14,21-23H,5,7,9-10,13H2,1-4H3/b17-11+. The summed E-state index contributed by atoms with van der Waals surface area (Å²) >= 11 is 0. The molecule has 3 aliphatic rings. The van der Waals surface area contributed by atoms with E-state index < -0.39 is 0 Å². The van der Waals surface area contributed by atoms with Gasteiger partial charge in [0, 0.05) is 24.2 Å². The molecule has 2 fully saturated rings. The summed E-state index contributed by atoms with van der Waals surface area (Å²) in [5, 5.41) is 4.44. The number of carbonyl (C=O) groups excluding carboxylic acids is 1. The van der Waals surface area contributed by atoms with Crippen LogP contribution in [0.15, 0.2) is 30.0 Å². The Morgan fingerprint density at radius 2 is 2.14 bits per heavy atom. The molecular weight excluding hydrogens is 360 g/mol. The Bertz CT molecular complexity index is 1020. The molecule has 0 N–H and O–H groups in total. The number of hydrogen-bond acceptors (Lipinski definition) is 3. The fourth-order valence-electron chi connectivity index (χ4n) is 6.43. The maximum atomic E-state index is 13.5. The Labute approximate surface area is 173 Å². The number of rotatable bonds is 2. The predicted octanol–water partition coefficient (Wildman–Crippen LogP) is 4.86. The zero-order valence-electron chi connectivity index (χ0n) is 17.9. The van der Waals surface area contributed by atoms with Gasteiger partial charge in [0.2, 0.25) is 0 Å². The van der Waals surface area contributed by atoms with Crippen LogP contribution in [0, 0.1) is 24.2 Å². The highest BCUT2D eigenvalue weighted by Crippen LogP contribution is 2.60. The number of allylic oxidation sites excluding steroid dienone is 1. The Balaban J connectivity index is 1.48. The Hall–Kier alpha value is -2.36. The lowest BCUT2D eigenvalue weighted by Crippen LogP contribution is -2.42. The molecule has 4 atom stereocenters. The van der Waals surface area contributed by atoms with Crippen LogP contribution >= 0.6 is 0 Å². The summed E-state index contributed by atoms with van der Waals surface area (Å²) in [5.74, 6) is 2.96. The first kappa shape index (κ1) is 18.7. The van der Waals surface area contributed by atoms with Crippen LogP contribution in [0.4, 0.5) is 0 Å². The molecule has 2 saturated carbocycles. The number of carbonyl (C=O) groups is 1. The lowest BCUT2D eigenvalue weighted by atomic mass is 9.55. The number of ketones is 1. The molecule has 0 aliphatic heterocycles. The second kappa shape index (κ2) is 6.58. The van der Waals surface area contributed by atoms with Crippen LogP contribution in [-0.4, -0.2) is 22.7 Å². The molecule has 0 saturated heterocycles. The monoisotopic (exact) mass is 390 g/mol. The van der Waals surface area contributed by atoms with Crippen molar-refractivity contribution < 1.29 is 9.53 Å². The van der Waals surface area contributed by atoms with Crippen LogP contribution in [0.25, 0.3) is 6.08 Å². The number of hydrogen-bond donors (Lipinski definition) is 0. The summed E-state index contributed by atoms with van der Waals surface area (Å²) < 4.78 is 7.27. The van der Waals surface area contributed by atoms with Crippen molar-refractivity contribution in [2.24, 2.45) is 24.3 Å². The van der Waals surface area contributed by atoms with Gasteiger partial charge in [-0.2, -0.15) is 5.10 Å². The molecule has 5 rings (SSSR count). The largest absolute Gasteiger partial charge is 0.497 e. The summed E-state index contributed by atoms with van der Waals surface area (Å²) in [6.07, 6.45) is 9.43. The number of Topliss-reactive ketones (excluding diaryl/α,β-unsaturated/α-hetero) is 1. The van der Waals surface area contributed by atoms with Crippen molar-refractivity contribution in [3.63, 3.8) is 0 Å². The normalized spacial score (nSPS) is 32.1. The highest BCUT2D eigenvalue weighted by atomic mass is 16.5. The van der Waals surface area contributed by atoms with Crippen molar-refractivity contribution in [2.45, 2.75) is 51.9 Å². The van der Waals surface area contributed by atoms with Gasteiger partial charge in [-0.1, -0.05) is 13.0 Å². The third-order valence-electron chi connectivity index (χ3n) is 7.95. The van der Waals surface area contributed by atoms with Crippen LogP contribution < -0.4 is 4.74 Å². The van der Waals surface area contributed by atoms with E-state index in [-0.39, 0.29) is 5.41 Å². The highest BCUT2D eigenvalue weighted by Gasteiger charge is 2.56. The van der Waals surface area contributed by atoms with Gasteiger partial charge in [-0.25, -0.2) is 0 Å². The molecule has 2 aromatic rings. The van der Waals surface area contributed by atoms with Gasteiger partial charge in [0.05, 0.1) is 12.8 Å². The van der Waals surface area contributed by atoms with E-state index in [9.17, 15) is 4.79 Å². The number of ether oxygens (including phenoxy) is 1. The maximum Gasteiger partial charge on any atom is 0.165 e. The lowest BCUT2D eigenvalue weighted by Gasteiger charge is -2.48. The number of aromatic nitrogens is 2. The Morgan fingerprint density at radius 3 is 2.86 bits per heavy atom. The van der Waals surface area contributed by atoms with Gasteiger partial charge >= 0.3 is 0 Å². The molecule has 3 aliphatic carbocycles. The molecule has 1 heterocycles. The van der Waals surface area contributed by atoms with E-state index in [1.165, 1.54) is 17.5 Å². The maximum absolute atomic E-state index is 13.5. The molecule has 4 nitrogen and oxygen atoms in total. The van der Waals surface area contributed by atoms with E-state index in [4.69, 9.17) is 4.74 Å². The van der Waals surface area contributed by atoms with Gasteiger partial charge < -0.3 is 4.74 Å². The topological polar surface area (TPSA) is 44.1 Å². The minimum atomic E-state index is -0.201. The van der Waals surface area contributed by atoms with Gasteiger partial charge in [-0.15, -0.1) is 0 Å². The molecule has 0 amide bonds. The average Bonchev–Trinajstić information content (AvgIpc) is 3.17. The van der Waals surface area contributed by atoms with Crippen LogP contribution in [0.5, 0.6) is 5.75 Å². The van der Waals surface area contributed by atoms with E-state index >= 15 is 0 Å². The van der Waals surface area contributed by atoms with Crippen LogP contribution in [-0.2, 0) is 18.3 Å². The van der Waals surface area contributed by atoms with Gasteiger partial charge in [-0.3, -0.25) is 9.48 Å². The highest BCUT2D eigenvalue weighted by molar-refractivity contribution is 6.06. The summed E-state index contributed by atoms with van der Waals surface area (Å²) in [6.45, 7) is 4.25. The fourth-order valence-corrected chi connectivity index (χ4v) is 6.43. The first-order chi connectivity index (χ1) is 13.9. The third-order valence-corrected chi connectivity index (χ3v) is 7.95. The number of aryl methyl sites for hydroxylation is 3. The SMILES string of the molecule is COc1ccc2c(c1)CCC1C2CCC2(C)C(=O)/C(=C/c3cn(C)nc3C)CC12. The Morgan fingerprint density at radius 1 is 1.31 bits per heavy atom. The number of methoxy groups -OCH3 is 1. The van der Waals surface area contributed by atoms with Crippen molar-refractivity contribution in [1.82, 2.24) is 9.78 Å². The van der Waals surface area contributed by atoms with E-state index in [1.54, 1.807) is 7.11 Å². The molecule has 152 valence electrons. The molecule has 1 aromatic carbocycles. The second-order valence-electron chi connectivity index (χ2n) is 9.48. The van der Waals surface area contributed by atoms with E-state index in [0.717, 1.165) is 48.3 Å². The first-order valence-electron chi connectivity index (χ1n) is 10.8. The van der Waals surface area contributed by atoms with E-state index in [0.29, 0.717) is 23.5 Å². The van der Waals surface area contributed by atoms with E-state index in [1.807, 2.05) is 24.9 Å². The molecule has 0 radical (unpaired) electrons. The average molecular weight is 391 g/mol. The minimum absolute atomic E-state index is 0.201. The second-order valence-corrected chi connectivity index (χ2v) is 9.48. The molecule has 4 heteroatoms. The zero-order valence-corrected chi connectivity index (χ0v) is 17.9. The van der Waals surface area contributed by atoms with Gasteiger partial charge in [0.25, 0.3) is 0 Å². The van der Waals surface area contributed by atoms with Crippen LogP contribution in [0.1, 0.15) is 60.9 Å². The van der Waals surface area contributed by atoms with Crippen LogP contribution in [0.2, 0.25) is 0 Å². The Kier molecular flexibility index (Phi) is 4.23. The zero-order chi connectivity index (χ0) is 20.3. The first-order valence-corrected chi connectivity index (χ1v) is 10.8. The third kappa shape index (κ3) is 2.79. The molecule has 0 spiro atoms. The lowest BCUT2D eigenvalue weighted by molar-refractivity contribution is -0.127. The number of benzene rings is 1. The molecule has 1 aromatic heterocycles. The summed E-state index contributed by atoms with van der Waals surface area (Å²) in [6, 6.07) is 6.60. The van der Waals surface area contributed by atoms with Gasteiger partial charge in [-0.05, 0) is 91.7 Å². The van der Waals surface area contributed by atoms with Gasteiger partial charge in [0.15, 0.2) is 5.78 Å². The smallest absolute Gasteiger partial charge is 0.165 e. The van der Waals surface area contributed by atoms with Crippen molar-refractivity contribution in [2.75, 3.05) is 7.11 Å². The molecular formula is C25H30N2O2. The predicted molar refractivity (Wildman–Crippen MR) is 114 cm³/mol. The molecule has 4 unspecified atom stereocenters. The fraction of sp³-hybridized carbons (Fsp3) is 0.520. The number of nitrogens with zero attached hydrogens (tertiary/aromatic N) is 2. The number of fused-ring (bicyclic) bond motifs is 5. The van der Waals surface area contributed by atoms with Crippen molar-refractivity contribution in [1.29, 1.82) is 0 Å². The summed E-state index contributed by atoms with van der Waals surface area (Å²) in [7, 11) is 3.67. The van der Waals surface area contributed by atoms with Crippen molar-refractivity contribution in [3.8, 4) is 5.75 Å². The summed E-state index contributed by atoms with van der Waals surface area (Å²) in [4.78, 5) is 13.5. The van der Waals surface area contributed by atoms with Crippen molar-refractivity contribution >= 4 is 11.9 Å². The molecule has 0 bridgehead atoms. The van der Waals surface area contributed by atoms with Crippen molar-refractivity contribution in [3.05, 3.63) is 52.4 Å². The molecule has 29 heavy (non-hydrogen) atoms. The minimum Gasteiger partial charge on any atom is -0.497 e.